The Morgan fingerprint density at radius 3 is 2.65 bits per heavy atom. The predicted octanol–water partition coefficient (Wildman–Crippen LogP) is 6.04. The van der Waals surface area contributed by atoms with E-state index in [1.165, 1.54) is 24.1 Å². The molecule has 1 aliphatic heterocycles. The minimum atomic E-state index is 0.466. The van der Waals surface area contributed by atoms with Crippen LogP contribution in [0.3, 0.4) is 0 Å². The van der Waals surface area contributed by atoms with Crippen LogP contribution in [0.5, 0.6) is 5.75 Å². The SMILES string of the molecule is CCC(C)=Cc1cc(-c2cnn(C)c2)n(C2CC2)c1/N=C(\C)Nc1ccc(N2CCOCC2)cc1OC. The lowest BCUT2D eigenvalue weighted by Gasteiger charge is -2.29. The molecule has 2 aromatic heterocycles. The summed E-state index contributed by atoms with van der Waals surface area (Å²) >= 11 is 0. The second kappa shape index (κ2) is 10.8. The first-order valence-electron chi connectivity index (χ1n) is 13.2. The first-order valence-corrected chi connectivity index (χ1v) is 13.2. The van der Waals surface area contributed by atoms with Crippen molar-refractivity contribution in [2.45, 2.75) is 46.1 Å². The zero-order valence-electron chi connectivity index (χ0n) is 22.6. The average molecular weight is 503 g/mol. The molecule has 0 bridgehead atoms. The van der Waals surface area contributed by atoms with E-state index in [4.69, 9.17) is 14.5 Å². The van der Waals surface area contributed by atoms with E-state index in [2.05, 4.69) is 70.3 Å². The molecule has 0 atom stereocenters. The number of allylic oxidation sites excluding steroid dienone is 1. The molecule has 0 spiro atoms. The first kappa shape index (κ1) is 25.1. The largest absolute Gasteiger partial charge is 0.494 e. The van der Waals surface area contributed by atoms with E-state index >= 15 is 0 Å². The number of ether oxygens (including phenoxy) is 2. The van der Waals surface area contributed by atoms with Crippen molar-refractivity contribution in [3.63, 3.8) is 0 Å². The number of benzene rings is 1. The van der Waals surface area contributed by atoms with E-state index in [1.807, 2.05) is 24.9 Å². The second-order valence-electron chi connectivity index (χ2n) is 9.96. The Hall–Kier alpha value is -3.52. The van der Waals surface area contributed by atoms with Crippen molar-refractivity contribution in [2.24, 2.45) is 12.0 Å². The number of hydrogen-bond acceptors (Lipinski definition) is 5. The van der Waals surface area contributed by atoms with Crippen molar-refractivity contribution in [2.75, 3.05) is 43.6 Å². The molecule has 1 aliphatic carbocycles. The number of nitrogens with zero attached hydrogens (tertiary/aromatic N) is 5. The minimum Gasteiger partial charge on any atom is -0.494 e. The monoisotopic (exact) mass is 502 g/mol. The Kier molecular flexibility index (Phi) is 7.37. The average Bonchev–Trinajstić information content (AvgIpc) is 3.57. The van der Waals surface area contributed by atoms with E-state index < -0.39 is 0 Å². The number of morpholine rings is 1. The zero-order chi connectivity index (χ0) is 25.9. The van der Waals surface area contributed by atoms with Crippen molar-refractivity contribution < 1.29 is 9.47 Å². The summed E-state index contributed by atoms with van der Waals surface area (Å²) in [6, 6.07) is 9.03. The molecular formula is C29H38N6O2. The third-order valence-corrected chi connectivity index (χ3v) is 7.06. The summed E-state index contributed by atoms with van der Waals surface area (Å²) in [6.07, 6.45) is 9.63. The molecule has 196 valence electrons. The summed E-state index contributed by atoms with van der Waals surface area (Å²) < 4.78 is 15.5. The van der Waals surface area contributed by atoms with Crippen LogP contribution in [0.2, 0.25) is 0 Å². The van der Waals surface area contributed by atoms with E-state index in [-0.39, 0.29) is 0 Å². The maximum atomic E-state index is 5.76. The molecule has 3 heterocycles. The van der Waals surface area contributed by atoms with Crippen molar-refractivity contribution in [1.29, 1.82) is 0 Å². The maximum absolute atomic E-state index is 5.76. The molecule has 8 heteroatoms. The van der Waals surface area contributed by atoms with Gasteiger partial charge in [0.25, 0.3) is 0 Å². The quantitative estimate of drug-likeness (QED) is 0.300. The van der Waals surface area contributed by atoms with Crippen LogP contribution in [-0.4, -0.2) is 53.6 Å². The summed E-state index contributed by atoms with van der Waals surface area (Å²) in [7, 11) is 3.67. The van der Waals surface area contributed by atoms with Crippen molar-refractivity contribution in [3.8, 4) is 17.0 Å². The summed E-state index contributed by atoms with van der Waals surface area (Å²) in [6.45, 7) is 9.67. The zero-order valence-corrected chi connectivity index (χ0v) is 22.6. The number of methoxy groups -OCH3 is 1. The van der Waals surface area contributed by atoms with Crippen LogP contribution in [0.25, 0.3) is 17.3 Å². The van der Waals surface area contributed by atoms with Gasteiger partial charge in [-0.25, -0.2) is 4.99 Å². The molecule has 5 rings (SSSR count). The number of amidine groups is 1. The molecule has 3 aromatic rings. The van der Waals surface area contributed by atoms with Gasteiger partial charge in [0.2, 0.25) is 0 Å². The summed E-state index contributed by atoms with van der Waals surface area (Å²) in [5.74, 6) is 2.61. The van der Waals surface area contributed by atoms with Gasteiger partial charge in [-0.3, -0.25) is 4.68 Å². The van der Waals surface area contributed by atoms with E-state index in [9.17, 15) is 0 Å². The second-order valence-corrected chi connectivity index (χ2v) is 9.96. The highest BCUT2D eigenvalue weighted by Gasteiger charge is 2.30. The third kappa shape index (κ3) is 5.59. The van der Waals surface area contributed by atoms with Gasteiger partial charge in [0.05, 0.1) is 37.9 Å². The van der Waals surface area contributed by atoms with Gasteiger partial charge < -0.3 is 24.3 Å². The van der Waals surface area contributed by atoms with Gasteiger partial charge in [-0.05, 0) is 51.3 Å². The lowest BCUT2D eigenvalue weighted by molar-refractivity contribution is 0.122. The number of rotatable bonds is 8. The highest BCUT2D eigenvalue weighted by atomic mass is 16.5. The Morgan fingerprint density at radius 1 is 1.22 bits per heavy atom. The topological polar surface area (TPSA) is 68.8 Å². The van der Waals surface area contributed by atoms with Crippen molar-refractivity contribution in [3.05, 3.63) is 47.8 Å². The fraction of sp³-hybridized carbons (Fsp3) is 0.448. The third-order valence-electron chi connectivity index (χ3n) is 7.06. The minimum absolute atomic E-state index is 0.466. The molecule has 2 fully saturated rings. The van der Waals surface area contributed by atoms with Crippen LogP contribution in [0.15, 0.2) is 47.2 Å². The summed E-state index contributed by atoms with van der Waals surface area (Å²) in [5.41, 5.74) is 6.80. The fourth-order valence-corrected chi connectivity index (χ4v) is 4.79. The Morgan fingerprint density at radius 2 is 2.00 bits per heavy atom. The van der Waals surface area contributed by atoms with Gasteiger partial charge in [-0.2, -0.15) is 5.10 Å². The Labute approximate surface area is 219 Å². The van der Waals surface area contributed by atoms with Gasteiger partial charge in [-0.15, -0.1) is 0 Å². The van der Waals surface area contributed by atoms with Crippen LogP contribution in [-0.2, 0) is 11.8 Å². The molecule has 1 saturated carbocycles. The normalized spacial score (nSPS) is 16.8. The molecular weight excluding hydrogens is 464 g/mol. The van der Waals surface area contributed by atoms with Gasteiger partial charge >= 0.3 is 0 Å². The highest BCUT2D eigenvalue weighted by molar-refractivity contribution is 5.97. The lowest BCUT2D eigenvalue weighted by Crippen LogP contribution is -2.36. The first-order chi connectivity index (χ1) is 18.0. The van der Waals surface area contributed by atoms with Crippen LogP contribution >= 0.6 is 0 Å². The molecule has 8 nitrogen and oxygen atoms in total. The predicted molar refractivity (Wildman–Crippen MR) is 151 cm³/mol. The molecule has 1 aromatic carbocycles. The molecule has 0 amide bonds. The summed E-state index contributed by atoms with van der Waals surface area (Å²) in [4.78, 5) is 7.48. The molecule has 2 aliphatic rings. The Balaban J connectivity index is 1.50. The van der Waals surface area contributed by atoms with Gasteiger partial charge in [-0.1, -0.05) is 18.6 Å². The number of aliphatic imine (C=N–C) groups is 1. The number of aryl methyl sites for hydroxylation is 1. The smallest absolute Gasteiger partial charge is 0.144 e. The molecule has 1 saturated heterocycles. The fourth-order valence-electron chi connectivity index (χ4n) is 4.79. The molecule has 37 heavy (non-hydrogen) atoms. The standard InChI is InChI=1S/C29H38N6O2/c1-6-20(2)15-22-16-27(23-18-30-33(4)19-23)35(24-7-8-24)29(22)32-21(3)31-26-10-9-25(17-28(26)36-5)34-11-13-37-14-12-34/h9-10,15-19,24H,6-8,11-14H2,1-5H3,(H,31,32). The van der Waals surface area contributed by atoms with Crippen LogP contribution in [0.1, 0.15) is 51.6 Å². The molecule has 1 N–H and O–H groups in total. The Bertz CT molecular complexity index is 1310. The molecule has 0 radical (unpaired) electrons. The lowest BCUT2D eigenvalue weighted by atomic mass is 10.1. The van der Waals surface area contributed by atoms with Crippen LogP contribution in [0.4, 0.5) is 17.2 Å². The van der Waals surface area contributed by atoms with E-state index in [1.54, 1.807) is 7.11 Å². The van der Waals surface area contributed by atoms with Crippen molar-refractivity contribution >= 4 is 29.1 Å². The number of nitrogens with one attached hydrogen (secondary N) is 1. The number of hydrogen-bond donors (Lipinski definition) is 1. The number of aromatic nitrogens is 3. The maximum Gasteiger partial charge on any atom is 0.144 e. The highest BCUT2D eigenvalue weighted by Crippen LogP contribution is 2.45. The summed E-state index contributed by atoms with van der Waals surface area (Å²) in [5, 5.41) is 7.93. The molecule has 0 unspecified atom stereocenters. The van der Waals surface area contributed by atoms with Gasteiger partial charge in [0, 0.05) is 55.3 Å². The number of anilines is 2. The van der Waals surface area contributed by atoms with Crippen molar-refractivity contribution in [1.82, 2.24) is 14.3 Å². The van der Waals surface area contributed by atoms with Gasteiger partial charge in [0.1, 0.15) is 17.4 Å². The van der Waals surface area contributed by atoms with Crippen LogP contribution < -0.4 is 15.0 Å². The van der Waals surface area contributed by atoms with Gasteiger partial charge in [0.15, 0.2) is 0 Å². The van der Waals surface area contributed by atoms with E-state index in [0.717, 1.165) is 72.6 Å². The van der Waals surface area contributed by atoms with Crippen LogP contribution in [0, 0.1) is 0 Å². The van der Waals surface area contributed by atoms with E-state index in [0.29, 0.717) is 6.04 Å².